The van der Waals surface area contributed by atoms with Crippen molar-refractivity contribution in [2.24, 2.45) is 0 Å². The highest BCUT2D eigenvalue weighted by Gasteiger charge is 2.30. The molecule has 0 radical (unpaired) electrons. The molecule has 0 aliphatic heterocycles. The van der Waals surface area contributed by atoms with Crippen molar-refractivity contribution in [1.82, 2.24) is 0 Å². The van der Waals surface area contributed by atoms with Gasteiger partial charge in [0, 0.05) is 0 Å². The van der Waals surface area contributed by atoms with Crippen molar-refractivity contribution in [3.05, 3.63) is 66.2 Å². The first-order valence-corrected chi connectivity index (χ1v) is 10.7. The van der Waals surface area contributed by atoms with E-state index in [1.807, 2.05) is 19.9 Å². The minimum atomic E-state index is -3.82. The van der Waals surface area contributed by atoms with Crippen molar-refractivity contribution in [2.75, 3.05) is 0 Å². The van der Waals surface area contributed by atoms with Gasteiger partial charge in [-0.2, -0.15) is 8.42 Å². The summed E-state index contributed by atoms with van der Waals surface area (Å²) in [6.45, 7) is 7.19. The van der Waals surface area contributed by atoms with E-state index in [0.29, 0.717) is 24.8 Å². The molecule has 0 aliphatic carbocycles. The van der Waals surface area contributed by atoms with Crippen molar-refractivity contribution in [3.8, 4) is 0 Å². The lowest BCUT2D eigenvalue weighted by Gasteiger charge is -2.28. The number of hydrogen-bond acceptors (Lipinski definition) is 5. The molecule has 0 aromatic heterocycles. The second-order valence-corrected chi connectivity index (χ2v) is 9.53. The van der Waals surface area contributed by atoms with E-state index in [-0.39, 0.29) is 10.9 Å². The van der Waals surface area contributed by atoms with Gasteiger partial charge in [0.1, 0.15) is 5.60 Å². The minimum absolute atomic E-state index is 0.139. The van der Waals surface area contributed by atoms with Crippen LogP contribution in [0.4, 0.5) is 0 Å². The molecule has 5 nitrogen and oxygen atoms in total. The maximum atomic E-state index is 12.4. The van der Waals surface area contributed by atoms with Gasteiger partial charge < -0.3 is 4.74 Å². The summed E-state index contributed by atoms with van der Waals surface area (Å²) < 4.78 is 35.9. The van der Waals surface area contributed by atoms with E-state index in [2.05, 4.69) is 0 Å². The molecule has 2 rings (SSSR count). The third-order valence-electron chi connectivity index (χ3n) is 4.30. The first kappa shape index (κ1) is 22.1. The first-order chi connectivity index (χ1) is 13.0. The zero-order valence-electron chi connectivity index (χ0n) is 16.8. The Hall–Kier alpha value is -2.18. The Balaban J connectivity index is 1.89. The average Bonchev–Trinajstić information content (AvgIpc) is 2.61. The van der Waals surface area contributed by atoms with E-state index in [0.717, 1.165) is 0 Å². The zero-order chi connectivity index (χ0) is 20.8. The van der Waals surface area contributed by atoms with Crippen LogP contribution in [0.3, 0.4) is 0 Å². The van der Waals surface area contributed by atoms with Crippen molar-refractivity contribution in [1.29, 1.82) is 0 Å². The van der Waals surface area contributed by atoms with Gasteiger partial charge in [-0.1, -0.05) is 36.4 Å². The molecule has 0 fully saturated rings. The number of ether oxygens (including phenoxy) is 1. The Morgan fingerprint density at radius 1 is 0.821 bits per heavy atom. The Kier molecular flexibility index (Phi) is 7.01. The third-order valence-corrected chi connectivity index (χ3v) is 5.82. The standard InChI is InChI=1S/C22H28O5S/c1-21(2,26-20(23)18-12-7-5-8-13-18)16-11-17-22(3,4)27-28(24,25)19-14-9-6-10-15-19/h5-10,12-15H,11,16-17H2,1-4H3. The smallest absolute Gasteiger partial charge is 0.338 e. The monoisotopic (exact) mass is 404 g/mol. The van der Waals surface area contributed by atoms with Crippen LogP contribution in [0.15, 0.2) is 65.6 Å². The lowest BCUT2D eigenvalue weighted by atomic mass is 9.95. The van der Waals surface area contributed by atoms with Gasteiger partial charge in [-0.05, 0) is 71.2 Å². The fraction of sp³-hybridized carbons (Fsp3) is 0.409. The zero-order valence-corrected chi connectivity index (χ0v) is 17.7. The summed E-state index contributed by atoms with van der Waals surface area (Å²) in [7, 11) is -3.82. The molecule has 0 heterocycles. The van der Waals surface area contributed by atoms with Gasteiger partial charge in [0.25, 0.3) is 10.1 Å². The molecule has 0 saturated heterocycles. The lowest BCUT2D eigenvalue weighted by Crippen LogP contribution is -2.31. The highest BCUT2D eigenvalue weighted by atomic mass is 32.2. The SMILES string of the molecule is CC(C)(CCCC(C)(C)OS(=O)(=O)c1ccccc1)OC(=O)c1ccccc1. The Morgan fingerprint density at radius 2 is 1.32 bits per heavy atom. The molecule has 0 saturated carbocycles. The van der Waals surface area contributed by atoms with Crippen LogP contribution in [-0.4, -0.2) is 25.6 Å². The highest BCUT2D eigenvalue weighted by molar-refractivity contribution is 7.86. The lowest BCUT2D eigenvalue weighted by molar-refractivity contribution is -0.00767. The number of benzene rings is 2. The minimum Gasteiger partial charge on any atom is -0.456 e. The van der Waals surface area contributed by atoms with Gasteiger partial charge in [-0.25, -0.2) is 4.79 Å². The molecule has 28 heavy (non-hydrogen) atoms. The maximum absolute atomic E-state index is 12.4. The van der Waals surface area contributed by atoms with Gasteiger partial charge in [0.05, 0.1) is 16.1 Å². The van der Waals surface area contributed by atoms with Crippen molar-refractivity contribution in [3.63, 3.8) is 0 Å². The number of rotatable bonds is 9. The maximum Gasteiger partial charge on any atom is 0.338 e. The number of carbonyl (C=O) groups excluding carboxylic acids is 1. The number of hydrogen-bond donors (Lipinski definition) is 0. The van der Waals surface area contributed by atoms with Crippen LogP contribution in [0.25, 0.3) is 0 Å². The largest absolute Gasteiger partial charge is 0.456 e. The summed E-state index contributed by atoms with van der Waals surface area (Å²) in [5.41, 5.74) is -1.02. The molecule has 2 aromatic carbocycles. The van der Waals surface area contributed by atoms with Crippen molar-refractivity contribution < 1.29 is 22.1 Å². The molecule has 0 spiro atoms. The molecule has 152 valence electrons. The number of carbonyl (C=O) groups is 1. The predicted molar refractivity (Wildman–Crippen MR) is 109 cm³/mol. The first-order valence-electron chi connectivity index (χ1n) is 9.30. The molecule has 0 unspecified atom stereocenters. The summed E-state index contributed by atoms with van der Waals surface area (Å²) in [6.07, 6.45) is 1.74. The van der Waals surface area contributed by atoms with E-state index < -0.39 is 21.3 Å². The summed E-state index contributed by atoms with van der Waals surface area (Å²) in [5, 5.41) is 0. The molecule has 0 aliphatic rings. The van der Waals surface area contributed by atoms with Crippen LogP contribution in [0, 0.1) is 0 Å². The Morgan fingerprint density at radius 3 is 1.89 bits per heavy atom. The van der Waals surface area contributed by atoms with Gasteiger partial charge >= 0.3 is 5.97 Å². The van der Waals surface area contributed by atoms with Crippen LogP contribution in [0.2, 0.25) is 0 Å². The molecule has 0 bridgehead atoms. The molecule has 0 atom stereocenters. The average molecular weight is 405 g/mol. The molecule has 2 aromatic rings. The Bertz CT molecular complexity index is 872. The van der Waals surface area contributed by atoms with Crippen molar-refractivity contribution in [2.45, 2.75) is 63.1 Å². The summed E-state index contributed by atoms with van der Waals surface area (Å²) in [6, 6.07) is 16.9. The highest BCUT2D eigenvalue weighted by Crippen LogP contribution is 2.27. The quantitative estimate of drug-likeness (QED) is 0.436. The third kappa shape index (κ3) is 6.77. The van der Waals surface area contributed by atoms with E-state index in [1.54, 1.807) is 56.3 Å². The molecule has 6 heteroatoms. The molecular weight excluding hydrogens is 376 g/mol. The van der Waals surface area contributed by atoms with Crippen LogP contribution < -0.4 is 0 Å². The summed E-state index contributed by atoms with van der Waals surface area (Å²) in [4.78, 5) is 12.4. The van der Waals surface area contributed by atoms with Gasteiger partial charge in [0.15, 0.2) is 0 Å². The number of esters is 1. The van der Waals surface area contributed by atoms with Crippen LogP contribution >= 0.6 is 0 Å². The second kappa shape index (κ2) is 8.88. The van der Waals surface area contributed by atoms with Crippen LogP contribution in [0.1, 0.15) is 57.3 Å². The van der Waals surface area contributed by atoms with E-state index in [4.69, 9.17) is 8.92 Å². The van der Waals surface area contributed by atoms with Crippen LogP contribution in [-0.2, 0) is 19.0 Å². The topological polar surface area (TPSA) is 69.7 Å². The fourth-order valence-electron chi connectivity index (χ4n) is 2.85. The molecule has 0 amide bonds. The molecule has 0 N–H and O–H groups in total. The van der Waals surface area contributed by atoms with E-state index >= 15 is 0 Å². The summed E-state index contributed by atoms with van der Waals surface area (Å²) in [5.74, 6) is -0.368. The fourth-order valence-corrected chi connectivity index (χ4v) is 4.11. The van der Waals surface area contributed by atoms with Gasteiger partial charge in [-0.3, -0.25) is 4.18 Å². The predicted octanol–water partition coefficient (Wildman–Crippen LogP) is 4.98. The van der Waals surface area contributed by atoms with Crippen molar-refractivity contribution >= 4 is 16.1 Å². The molecular formula is C22H28O5S. The summed E-state index contributed by atoms with van der Waals surface area (Å²) >= 11 is 0. The van der Waals surface area contributed by atoms with E-state index in [1.165, 1.54) is 12.1 Å². The van der Waals surface area contributed by atoms with Crippen LogP contribution in [0.5, 0.6) is 0 Å². The van der Waals surface area contributed by atoms with Gasteiger partial charge in [0.2, 0.25) is 0 Å². The normalized spacial score (nSPS) is 12.6. The van der Waals surface area contributed by atoms with Gasteiger partial charge in [-0.15, -0.1) is 0 Å². The second-order valence-electron chi connectivity index (χ2n) is 7.98. The van der Waals surface area contributed by atoms with E-state index in [9.17, 15) is 13.2 Å². The Labute approximate surface area is 167 Å².